The summed E-state index contributed by atoms with van der Waals surface area (Å²) in [4.78, 5) is 17.5. The normalized spacial score (nSPS) is 14.4. The summed E-state index contributed by atoms with van der Waals surface area (Å²) >= 11 is 3.31. The topological polar surface area (TPSA) is 51.1 Å². The summed E-state index contributed by atoms with van der Waals surface area (Å²) in [6, 6.07) is 12.5. The summed E-state index contributed by atoms with van der Waals surface area (Å²) in [7, 11) is 0. The Bertz CT molecular complexity index is 915. The molecule has 138 valence electrons. The van der Waals surface area contributed by atoms with Crippen LogP contribution in [0.1, 0.15) is 0 Å². The molecule has 1 saturated heterocycles. The first-order valence-corrected chi connectivity index (χ1v) is 11.2. The Morgan fingerprint density at radius 2 is 1.67 bits per heavy atom. The number of pyridine rings is 1. The minimum atomic E-state index is 0.727. The molecule has 1 aliphatic rings. The molecule has 0 aliphatic carbocycles. The Kier molecular flexibility index (Phi) is 5.77. The van der Waals surface area contributed by atoms with Gasteiger partial charge in [0, 0.05) is 0 Å². The van der Waals surface area contributed by atoms with Crippen molar-refractivity contribution in [3.63, 3.8) is 0 Å². The van der Waals surface area contributed by atoms with Gasteiger partial charge in [0.25, 0.3) is 0 Å². The van der Waals surface area contributed by atoms with Gasteiger partial charge in [0.1, 0.15) is 0 Å². The van der Waals surface area contributed by atoms with Crippen LogP contribution in [-0.2, 0) is 4.74 Å². The molecule has 0 spiro atoms. The zero-order valence-corrected chi connectivity index (χ0v) is 18.4. The second-order valence-corrected chi connectivity index (χ2v) is 8.43. The number of aromatic nitrogens is 3. The fourth-order valence-corrected chi connectivity index (χ4v) is 4.20. The minimum absolute atomic E-state index is 0.727. The van der Waals surface area contributed by atoms with Gasteiger partial charge >= 0.3 is 172 Å². The zero-order chi connectivity index (χ0) is 18.6. The van der Waals surface area contributed by atoms with E-state index < -0.39 is 0 Å². The number of ether oxygens (including phenoxy) is 1. The van der Waals surface area contributed by atoms with Crippen molar-refractivity contribution >= 4 is 38.8 Å². The van der Waals surface area contributed by atoms with Gasteiger partial charge in [-0.1, -0.05) is 0 Å². The van der Waals surface area contributed by atoms with Crippen LogP contribution < -0.4 is 9.25 Å². The summed E-state index contributed by atoms with van der Waals surface area (Å²) in [6.45, 7) is 3.14. The Balaban J connectivity index is 1.90. The molecule has 0 amide bonds. The fraction of sp³-hybridized carbons (Fsp3) is 0.250. The van der Waals surface area contributed by atoms with Crippen LogP contribution >= 0.6 is 11.8 Å². The molecule has 0 bridgehead atoms. The number of hydrogen-bond acceptors (Lipinski definition) is 6. The number of morpholine rings is 1. The maximum absolute atomic E-state index is 5.54. The number of benzene rings is 1. The molecule has 3 aromatic rings. The van der Waals surface area contributed by atoms with Crippen molar-refractivity contribution in [2.75, 3.05) is 37.5 Å². The fourth-order valence-electron chi connectivity index (χ4n) is 3.08. The standard InChI is InChI=1S/C20H21AsN4OS/c1-27-18-17(14-6-8-22-9-7-14)23-19(15-2-4-16(21)5-3-15)24-20(18)25-10-12-26-13-11-25/h2-9H,10-13,21H2,1H3. The predicted octanol–water partition coefficient (Wildman–Crippen LogP) is 2.02. The third-order valence-electron chi connectivity index (χ3n) is 4.49. The first-order chi connectivity index (χ1) is 13.3. The molecule has 0 N–H and O–H groups in total. The van der Waals surface area contributed by atoms with Crippen molar-refractivity contribution in [3.8, 4) is 22.6 Å². The first-order valence-electron chi connectivity index (χ1n) is 8.81. The Morgan fingerprint density at radius 1 is 0.963 bits per heavy atom. The SMILES string of the molecule is CSc1c(-c2ccncc2)nc(-c2ccc([AsH2])cc2)nc1N1CCOCC1. The quantitative estimate of drug-likeness (QED) is 0.457. The van der Waals surface area contributed by atoms with Crippen molar-refractivity contribution in [1.29, 1.82) is 0 Å². The van der Waals surface area contributed by atoms with Gasteiger partial charge < -0.3 is 0 Å². The summed E-state index contributed by atoms with van der Waals surface area (Å²) in [5, 5.41) is 0. The van der Waals surface area contributed by atoms with Gasteiger partial charge in [0.2, 0.25) is 0 Å². The molecule has 1 unspecified atom stereocenters. The van der Waals surface area contributed by atoms with Crippen LogP contribution in [0.5, 0.6) is 0 Å². The van der Waals surface area contributed by atoms with E-state index in [-0.39, 0.29) is 0 Å². The van der Waals surface area contributed by atoms with E-state index in [9.17, 15) is 0 Å². The molecule has 1 aromatic carbocycles. The van der Waals surface area contributed by atoms with Crippen LogP contribution in [0.4, 0.5) is 5.82 Å². The molecular weight excluding hydrogens is 419 g/mol. The van der Waals surface area contributed by atoms with Gasteiger partial charge in [0.05, 0.1) is 0 Å². The van der Waals surface area contributed by atoms with Gasteiger partial charge in [-0.25, -0.2) is 0 Å². The predicted molar refractivity (Wildman–Crippen MR) is 114 cm³/mol. The van der Waals surface area contributed by atoms with Crippen molar-refractivity contribution in [2.24, 2.45) is 0 Å². The number of nitrogens with zero attached hydrogens (tertiary/aromatic N) is 4. The van der Waals surface area contributed by atoms with Gasteiger partial charge in [-0.3, -0.25) is 0 Å². The molecule has 1 atom stereocenters. The van der Waals surface area contributed by atoms with Crippen LogP contribution in [0.15, 0.2) is 53.7 Å². The van der Waals surface area contributed by atoms with Crippen molar-refractivity contribution in [2.45, 2.75) is 4.90 Å². The summed E-state index contributed by atoms with van der Waals surface area (Å²) < 4.78 is 6.83. The average molecular weight is 440 g/mol. The molecule has 0 radical (unpaired) electrons. The molecule has 7 heteroatoms. The van der Waals surface area contributed by atoms with Crippen molar-refractivity contribution in [3.05, 3.63) is 48.8 Å². The van der Waals surface area contributed by atoms with Crippen LogP contribution in [0.2, 0.25) is 0 Å². The molecule has 27 heavy (non-hydrogen) atoms. The van der Waals surface area contributed by atoms with E-state index in [0.717, 1.165) is 59.7 Å². The first kappa shape index (κ1) is 18.5. The number of rotatable bonds is 4. The molecule has 1 fully saturated rings. The monoisotopic (exact) mass is 440 g/mol. The van der Waals surface area contributed by atoms with E-state index in [1.165, 1.54) is 4.35 Å². The van der Waals surface area contributed by atoms with Crippen molar-refractivity contribution < 1.29 is 4.74 Å². The van der Waals surface area contributed by atoms with E-state index in [4.69, 9.17) is 14.7 Å². The van der Waals surface area contributed by atoms with Crippen LogP contribution in [0.3, 0.4) is 0 Å². The summed E-state index contributed by atoms with van der Waals surface area (Å²) in [5.41, 5.74) is 3.05. The molecule has 5 nitrogen and oxygen atoms in total. The van der Waals surface area contributed by atoms with Crippen molar-refractivity contribution in [1.82, 2.24) is 15.0 Å². The molecule has 2 aromatic heterocycles. The Morgan fingerprint density at radius 3 is 2.33 bits per heavy atom. The summed E-state index contributed by atoms with van der Waals surface area (Å²) in [6.07, 6.45) is 5.70. The van der Waals surface area contributed by atoms with Crippen LogP contribution in [0.25, 0.3) is 22.6 Å². The summed E-state index contributed by atoms with van der Waals surface area (Å²) in [5.74, 6) is 1.75. The van der Waals surface area contributed by atoms with Gasteiger partial charge in [-0.15, -0.1) is 0 Å². The van der Waals surface area contributed by atoms with Gasteiger partial charge in [0.15, 0.2) is 0 Å². The number of thioether (sulfide) groups is 1. The number of anilines is 1. The number of hydrogen-bond donors (Lipinski definition) is 0. The molecular formula is C20H21AsN4OS. The van der Waals surface area contributed by atoms with E-state index >= 15 is 0 Å². The van der Waals surface area contributed by atoms with E-state index in [0.29, 0.717) is 0 Å². The second-order valence-electron chi connectivity index (χ2n) is 6.21. The van der Waals surface area contributed by atoms with Gasteiger partial charge in [-0.2, -0.15) is 0 Å². The zero-order valence-electron chi connectivity index (χ0n) is 15.1. The third kappa shape index (κ3) is 4.03. The second kappa shape index (κ2) is 8.42. The molecule has 0 saturated carbocycles. The Labute approximate surface area is 172 Å². The van der Waals surface area contributed by atoms with Gasteiger partial charge in [-0.05, 0) is 0 Å². The molecule has 1 aliphatic heterocycles. The Hall–Kier alpha value is -1.88. The van der Waals surface area contributed by atoms with Crippen LogP contribution in [0, 0.1) is 0 Å². The van der Waals surface area contributed by atoms with E-state index in [2.05, 4.69) is 40.4 Å². The van der Waals surface area contributed by atoms with Crippen LogP contribution in [-0.4, -0.2) is 64.4 Å². The van der Waals surface area contributed by atoms with E-state index in [1.807, 2.05) is 24.5 Å². The average Bonchev–Trinajstić information content (AvgIpc) is 2.74. The van der Waals surface area contributed by atoms with E-state index in [1.54, 1.807) is 28.6 Å². The maximum atomic E-state index is 5.54. The third-order valence-corrected chi connectivity index (χ3v) is 6.08. The molecule has 4 rings (SSSR count). The molecule has 3 heterocycles.